The zero-order valence-corrected chi connectivity index (χ0v) is 19.0. The fourth-order valence-electron chi connectivity index (χ4n) is 3.47. The molecule has 152 valence electrons. The van der Waals surface area contributed by atoms with E-state index in [1.54, 1.807) is 0 Å². The summed E-state index contributed by atoms with van der Waals surface area (Å²) in [4.78, 5) is 11.7. The van der Waals surface area contributed by atoms with Crippen LogP contribution in [0.1, 0.15) is 108 Å². The largest absolute Gasteiger partial charge is 0.426 e. The molecule has 0 bridgehead atoms. The molecule has 0 aliphatic carbocycles. The quantitative estimate of drug-likeness (QED) is 0.378. The van der Waals surface area contributed by atoms with Crippen molar-refractivity contribution in [3.05, 3.63) is 52.6 Å². The van der Waals surface area contributed by atoms with Crippen molar-refractivity contribution < 1.29 is 9.53 Å². The van der Waals surface area contributed by atoms with Crippen molar-refractivity contribution >= 4 is 5.97 Å². The van der Waals surface area contributed by atoms with Crippen LogP contribution in [-0.4, -0.2) is 5.97 Å². The average Bonchev–Trinajstić information content (AvgIpc) is 2.60. The Hall–Kier alpha value is -2.09. The van der Waals surface area contributed by atoms with Crippen LogP contribution in [0.5, 0.6) is 5.75 Å². The summed E-state index contributed by atoms with van der Waals surface area (Å²) in [5, 5.41) is 0. The van der Waals surface area contributed by atoms with Crippen LogP contribution in [-0.2, 0) is 4.79 Å². The standard InChI is InChI=1S/C26H36O2/c1-15(2)20-10-21(16(3)4)12-22(11-20)23-13-24(17(5)6)26(28-19(9)27)25(14-23)18(7)8/h10-18H,1-9H3. The highest BCUT2D eigenvalue weighted by Gasteiger charge is 2.20. The Morgan fingerprint density at radius 1 is 0.643 bits per heavy atom. The van der Waals surface area contributed by atoms with Crippen molar-refractivity contribution in [2.24, 2.45) is 0 Å². The van der Waals surface area contributed by atoms with Gasteiger partial charge in [-0.2, -0.15) is 0 Å². The first kappa shape index (κ1) is 22.2. The van der Waals surface area contributed by atoms with Crippen LogP contribution in [0, 0.1) is 0 Å². The van der Waals surface area contributed by atoms with Gasteiger partial charge < -0.3 is 4.74 Å². The molecule has 0 fully saturated rings. The lowest BCUT2D eigenvalue weighted by Gasteiger charge is -2.21. The van der Waals surface area contributed by atoms with E-state index in [4.69, 9.17) is 4.74 Å². The van der Waals surface area contributed by atoms with E-state index >= 15 is 0 Å². The van der Waals surface area contributed by atoms with Gasteiger partial charge in [-0.15, -0.1) is 0 Å². The number of hydrogen-bond acceptors (Lipinski definition) is 2. The molecule has 0 aliphatic rings. The number of carbonyl (C=O) groups is 1. The molecule has 2 heteroatoms. The lowest BCUT2D eigenvalue weighted by Crippen LogP contribution is -2.09. The first-order chi connectivity index (χ1) is 13.0. The molecule has 0 amide bonds. The third kappa shape index (κ3) is 5.04. The predicted octanol–water partition coefficient (Wildman–Crippen LogP) is 7.77. The van der Waals surface area contributed by atoms with Crippen LogP contribution >= 0.6 is 0 Å². The highest BCUT2D eigenvalue weighted by Crippen LogP contribution is 2.40. The normalized spacial score (nSPS) is 11.8. The second-order valence-electron chi connectivity index (χ2n) is 9.08. The van der Waals surface area contributed by atoms with Gasteiger partial charge in [0, 0.05) is 6.92 Å². The molecule has 0 spiro atoms. The smallest absolute Gasteiger partial charge is 0.308 e. The SMILES string of the molecule is CC(=O)Oc1c(C(C)C)cc(-c2cc(C(C)C)cc(C(C)C)c2)cc1C(C)C. The molecule has 0 aliphatic heterocycles. The van der Waals surface area contributed by atoms with Gasteiger partial charge in [-0.3, -0.25) is 4.79 Å². The van der Waals surface area contributed by atoms with Gasteiger partial charge in [-0.05, 0) is 69.2 Å². The summed E-state index contributed by atoms with van der Waals surface area (Å²) >= 11 is 0. The third-order valence-corrected chi connectivity index (χ3v) is 5.28. The molecule has 0 radical (unpaired) electrons. The molecule has 0 heterocycles. The maximum absolute atomic E-state index is 11.7. The van der Waals surface area contributed by atoms with Gasteiger partial charge in [0.25, 0.3) is 0 Å². The van der Waals surface area contributed by atoms with E-state index in [2.05, 4.69) is 85.7 Å². The van der Waals surface area contributed by atoms with Crippen LogP contribution in [0.4, 0.5) is 0 Å². The summed E-state index contributed by atoms with van der Waals surface area (Å²) in [6, 6.07) is 11.4. The minimum atomic E-state index is -0.263. The Balaban J connectivity index is 2.77. The monoisotopic (exact) mass is 380 g/mol. The van der Waals surface area contributed by atoms with Crippen LogP contribution < -0.4 is 4.74 Å². The average molecular weight is 381 g/mol. The van der Waals surface area contributed by atoms with Crippen molar-refractivity contribution in [2.45, 2.75) is 86.0 Å². The topological polar surface area (TPSA) is 26.3 Å². The molecule has 0 saturated carbocycles. The minimum Gasteiger partial charge on any atom is -0.426 e. The molecule has 0 unspecified atom stereocenters. The molecular weight excluding hydrogens is 344 g/mol. The van der Waals surface area contributed by atoms with Gasteiger partial charge >= 0.3 is 5.97 Å². The van der Waals surface area contributed by atoms with Crippen LogP contribution in [0.3, 0.4) is 0 Å². The Morgan fingerprint density at radius 3 is 1.36 bits per heavy atom. The van der Waals surface area contributed by atoms with E-state index < -0.39 is 0 Å². The molecule has 0 aromatic heterocycles. The third-order valence-electron chi connectivity index (χ3n) is 5.28. The minimum absolute atomic E-state index is 0.263. The lowest BCUT2D eigenvalue weighted by atomic mass is 9.86. The molecule has 0 saturated heterocycles. The second kappa shape index (κ2) is 8.94. The van der Waals surface area contributed by atoms with Gasteiger partial charge in [0.05, 0.1) is 0 Å². The molecular formula is C26H36O2. The van der Waals surface area contributed by atoms with Gasteiger partial charge in [0.1, 0.15) is 5.75 Å². The van der Waals surface area contributed by atoms with Crippen molar-refractivity contribution in [2.75, 3.05) is 0 Å². The highest BCUT2D eigenvalue weighted by molar-refractivity contribution is 5.74. The second-order valence-corrected chi connectivity index (χ2v) is 9.08. The lowest BCUT2D eigenvalue weighted by molar-refractivity contribution is -0.132. The molecule has 2 aromatic rings. The first-order valence-electron chi connectivity index (χ1n) is 10.5. The maximum atomic E-state index is 11.7. The molecule has 2 rings (SSSR count). The van der Waals surface area contributed by atoms with Crippen molar-refractivity contribution in [3.63, 3.8) is 0 Å². The summed E-state index contributed by atoms with van der Waals surface area (Å²) in [6.07, 6.45) is 0. The van der Waals surface area contributed by atoms with Crippen molar-refractivity contribution in [3.8, 4) is 16.9 Å². The van der Waals surface area contributed by atoms with Gasteiger partial charge in [-0.1, -0.05) is 73.6 Å². The van der Waals surface area contributed by atoms with E-state index in [0.29, 0.717) is 11.8 Å². The predicted molar refractivity (Wildman–Crippen MR) is 120 cm³/mol. The number of carbonyl (C=O) groups excluding carboxylic acids is 1. The van der Waals surface area contributed by atoms with Gasteiger partial charge in [-0.25, -0.2) is 0 Å². The van der Waals surface area contributed by atoms with Crippen LogP contribution in [0.15, 0.2) is 30.3 Å². The van der Waals surface area contributed by atoms with Crippen LogP contribution in [0.25, 0.3) is 11.1 Å². The summed E-state index contributed by atoms with van der Waals surface area (Å²) in [6.45, 7) is 19.1. The van der Waals surface area contributed by atoms with Crippen molar-refractivity contribution in [1.82, 2.24) is 0 Å². The summed E-state index contributed by atoms with van der Waals surface area (Å²) in [5.41, 5.74) is 7.36. The zero-order valence-electron chi connectivity index (χ0n) is 19.0. The number of hydrogen-bond donors (Lipinski definition) is 0. The van der Waals surface area contributed by atoms with E-state index in [1.807, 2.05) is 0 Å². The Bertz CT molecular complexity index is 786. The number of esters is 1. The molecule has 0 atom stereocenters. The Morgan fingerprint density at radius 2 is 1.04 bits per heavy atom. The zero-order chi connectivity index (χ0) is 21.2. The number of benzene rings is 2. The van der Waals surface area contributed by atoms with E-state index in [1.165, 1.54) is 29.2 Å². The van der Waals surface area contributed by atoms with Gasteiger partial charge in [0.15, 0.2) is 0 Å². The molecule has 2 nitrogen and oxygen atoms in total. The molecule has 28 heavy (non-hydrogen) atoms. The maximum Gasteiger partial charge on any atom is 0.308 e. The van der Waals surface area contributed by atoms with Gasteiger partial charge in [0.2, 0.25) is 0 Å². The first-order valence-corrected chi connectivity index (χ1v) is 10.5. The van der Waals surface area contributed by atoms with Crippen molar-refractivity contribution in [1.29, 1.82) is 0 Å². The summed E-state index contributed by atoms with van der Waals surface area (Å²) in [7, 11) is 0. The molecule has 0 N–H and O–H groups in total. The Kier molecular flexibility index (Phi) is 7.09. The fourth-order valence-corrected chi connectivity index (χ4v) is 3.47. The Labute approximate surface area is 171 Å². The molecule has 2 aromatic carbocycles. The number of rotatable bonds is 6. The summed E-state index contributed by atoms with van der Waals surface area (Å²) < 4.78 is 5.67. The summed E-state index contributed by atoms with van der Waals surface area (Å²) in [5.74, 6) is 1.97. The fraction of sp³-hybridized carbons (Fsp3) is 0.500. The number of ether oxygens (including phenoxy) is 1. The van der Waals surface area contributed by atoms with E-state index in [0.717, 1.165) is 16.9 Å². The van der Waals surface area contributed by atoms with E-state index in [9.17, 15) is 4.79 Å². The van der Waals surface area contributed by atoms with E-state index in [-0.39, 0.29) is 17.8 Å². The van der Waals surface area contributed by atoms with Crippen LogP contribution in [0.2, 0.25) is 0 Å². The highest BCUT2D eigenvalue weighted by atomic mass is 16.5.